The van der Waals surface area contributed by atoms with Crippen molar-refractivity contribution in [2.45, 2.75) is 46.6 Å². The summed E-state index contributed by atoms with van der Waals surface area (Å²) in [6, 6.07) is 2.00. The first-order chi connectivity index (χ1) is 9.29. The van der Waals surface area contributed by atoms with Gasteiger partial charge in [0.15, 0.2) is 5.78 Å². The number of aromatic nitrogens is 1. The maximum Gasteiger partial charge on any atom is 0.178 e. The highest BCUT2D eigenvalue weighted by Crippen LogP contribution is 2.24. The second-order valence-corrected chi connectivity index (χ2v) is 6.24. The van der Waals surface area contributed by atoms with Crippen LogP contribution < -0.4 is 5.32 Å². The van der Waals surface area contributed by atoms with Gasteiger partial charge in [0.25, 0.3) is 0 Å². The van der Waals surface area contributed by atoms with Crippen molar-refractivity contribution in [3.05, 3.63) is 23.0 Å². The summed E-state index contributed by atoms with van der Waals surface area (Å²) < 4.78 is 7.21. The third-order valence-corrected chi connectivity index (χ3v) is 3.39. The van der Waals surface area contributed by atoms with Crippen LogP contribution in [-0.2, 0) is 10.3 Å². The average molecular weight is 280 g/mol. The number of carbonyl (C=O) groups excluding carboxylic acids is 1. The first-order valence-electron chi connectivity index (χ1n) is 7.21. The van der Waals surface area contributed by atoms with E-state index in [9.17, 15) is 4.79 Å². The molecule has 0 saturated heterocycles. The van der Waals surface area contributed by atoms with Crippen molar-refractivity contribution in [2.24, 2.45) is 0 Å². The second kappa shape index (κ2) is 7.04. The molecule has 1 rings (SSSR count). The van der Waals surface area contributed by atoms with Gasteiger partial charge in [-0.15, -0.1) is 0 Å². The van der Waals surface area contributed by atoms with Crippen molar-refractivity contribution < 1.29 is 9.53 Å². The molecule has 1 aromatic heterocycles. The van der Waals surface area contributed by atoms with Crippen LogP contribution in [0.5, 0.6) is 0 Å². The number of rotatable bonds is 7. The largest absolute Gasteiger partial charge is 0.385 e. The van der Waals surface area contributed by atoms with Crippen LogP contribution in [0.25, 0.3) is 0 Å². The van der Waals surface area contributed by atoms with Gasteiger partial charge >= 0.3 is 0 Å². The number of hydrogen-bond donors (Lipinski definition) is 1. The van der Waals surface area contributed by atoms with Gasteiger partial charge in [0.05, 0.1) is 6.54 Å². The zero-order chi connectivity index (χ0) is 15.3. The van der Waals surface area contributed by atoms with Crippen LogP contribution in [0.2, 0.25) is 0 Å². The predicted octanol–water partition coefficient (Wildman–Crippen LogP) is 2.67. The lowest BCUT2D eigenvalue weighted by atomic mass is 10.1. The molecule has 0 radical (unpaired) electrons. The van der Waals surface area contributed by atoms with Crippen molar-refractivity contribution in [1.29, 1.82) is 0 Å². The Hall–Kier alpha value is -1.13. The first-order valence-corrected chi connectivity index (χ1v) is 7.21. The first kappa shape index (κ1) is 16.9. The third kappa shape index (κ3) is 4.18. The molecule has 4 heteroatoms. The number of hydrogen-bond acceptors (Lipinski definition) is 3. The number of methoxy groups -OCH3 is 1. The summed E-state index contributed by atoms with van der Waals surface area (Å²) in [4.78, 5) is 12.3. The van der Waals surface area contributed by atoms with Crippen LogP contribution in [0.3, 0.4) is 0 Å². The van der Waals surface area contributed by atoms with Gasteiger partial charge in [-0.05, 0) is 53.7 Å². The van der Waals surface area contributed by atoms with Gasteiger partial charge < -0.3 is 14.6 Å². The second-order valence-electron chi connectivity index (χ2n) is 6.24. The Kier molecular flexibility index (Phi) is 5.96. The average Bonchev–Trinajstić information content (AvgIpc) is 2.63. The lowest BCUT2D eigenvalue weighted by Gasteiger charge is -2.25. The fraction of sp³-hybridized carbons (Fsp3) is 0.688. The van der Waals surface area contributed by atoms with Gasteiger partial charge in [-0.25, -0.2) is 0 Å². The molecule has 0 spiro atoms. The molecule has 0 bridgehead atoms. The van der Waals surface area contributed by atoms with Crippen LogP contribution in [0, 0.1) is 13.8 Å². The molecule has 114 valence electrons. The molecule has 1 aromatic rings. The highest BCUT2D eigenvalue weighted by Gasteiger charge is 2.22. The predicted molar refractivity (Wildman–Crippen MR) is 82.6 cm³/mol. The van der Waals surface area contributed by atoms with E-state index in [1.807, 2.05) is 13.0 Å². The summed E-state index contributed by atoms with van der Waals surface area (Å²) in [6.07, 6.45) is 0.921. The van der Waals surface area contributed by atoms with Gasteiger partial charge in [-0.2, -0.15) is 0 Å². The van der Waals surface area contributed by atoms with Crippen LogP contribution in [0.4, 0.5) is 0 Å². The molecule has 20 heavy (non-hydrogen) atoms. The zero-order valence-corrected chi connectivity index (χ0v) is 13.7. The molecule has 0 aliphatic heterocycles. The Morgan fingerprint density at radius 2 is 2.00 bits per heavy atom. The normalized spacial score (nSPS) is 11.9. The van der Waals surface area contributed by atoms with Crippen molar-refractivity contribution in [2.75, 3.05) is 26.8 Å². The van der Waals surface area contributed by atoms with E-state index in [-0.39, 0.29) is 11.3 Å². The van der Waals surface area contributed by atoms with Crippen LogP contribution in [0.15, 0.2) is 6.07 Å². The number of aryl methyl sites for hydroxylation is 1. The maximum atomic E-state index is 12.3. The number of ether oxygens (including phenoxy) is 1. The van der Waals surface area contributed by atoms with E-state index in [0.717, 1.165) is 36.5 Å². The number of carbonyl (C=O) groups is 1. The zero-order valence-electron chi connectivity index (χ0n) is 13.7. The van der Waals surface area contributed by atoms with E-state index in [4.69, 9.17) is 4.74 Å². The molecular weight excluding hydrogens is 252 g/mol. The smallest absolute Gasteiger partial charge is 0.178 e. The summed E-state index contributed by atoms with van der Waals surface area (Å²) in [7, 11) is 1.69. The van der Waals surface area contributed by atoms with Crippen molar-refractivity contribution in [1.82, 2.24) is 9.88 Å². The molecule has 1 N–H and O–H groups in total. The van der Waals surface area contributed by atoms with E-state index in [1.165, 1.54) is 0 Å². The Morgan fingerprint density at radius 3 is 2.50 bits per heavy atom. The molecule has 0 atom stereocenters. The van der Waals surface area contributed by atoms with E-state index in [1.54, 1.807) is 7.11 Å². The fourth-order valence-corrected chi connectivity index (χ4v) is 2.72. The van der Waals surface area contributed by atoms with E-state index in [0.29, 0.717) is 6.54 Å². The molecule has 0 unspecified atom stereocenters. The minimum absolute atomic E-state index is 0.00140. The molecule has 0 saturated carbocycles. The standard InChI is InChI=1S/C16H28N2O2/c1-12-10-14(13(2)18(12)16(3,4)5)15(19)11-17-8-7-9-20-6/h10,17H,7-9,11H2,1-6H3. The molecule has 0 aromatic carbocycles. The highest BCUT2D eigenvalue weighted by atomic mass is 16.5. The van der Waals surface area contributed by atoms with Gasteiger partial charge in [0, 0.05) is 36.2 Å². The molecule has 1 heterocycles. The minimum Gasteiger partial charge on any atom is -0.385 e. The number of nitrogens with zero attached hydrogens (tertiary/aromatic N) is 1. The Bertz CT molecular complexity index is 456. The van der Waals surface area contributed by atoms with Crippen molar-refractivity contribution in [3.63, 3.8) is 0 Å². The highest BCUT2D eigenvalue weighted by molar-refractivity contribution is 5.99. The van der Waals surface area contributed by atoms with E-state index >= 15 is 0 Å². The number of Topliss-reactive ketones (excluding diaryl/α,β-unsaturated/α-hetero) is 1. The summed E-state index contributed by atoms with van der Waals surface area (Å²) in [6.45, 7) is 12.5. The van der Waals surface area contributed by atoms with Crippen molar-refractivity contribution >= 4 is 5.78 Å². The SMILES string of the molecule is COCCCNCC(=O)c1cc(C)n(C(C)(C)C)c1C. The van der Waals surface area contributed by atoms with E-state index < -0.39 is 0 Å². The van der Waals surface area contributed by atoms with E-state index in [2.05, 4.69) is 37.6 Å². The molecule has 0 fully saturated rings. The van der Waals surface area contributed by atoms with Gasteiger partial charge in [0.2, 0.25) is 0 Å². The summed E-state index contributed by atoms with van der Waals surface area (Å²) in [5.74, 6) is 0.158. The minimum atomic E-state index is -0.00140. The lowest BCUT2D eigenvalue weighted by Crippen LogP contribution is -2.26. The lowest BCUT2D eigenvalue weighted by molar-refractivity contribution is 0.0989. The molecular formula is C16H28N2O2. The Morgan fingerprint density at radius 1 is 1.35 bits per heavy atom. The van der Waals surface area contributed by atoms with Gasteiger partial charge in [-0.1, -0.05) is 0 Å². The molecule has 4 nitrogen and oxygen atoms in total. The van der Waals surface area contributed by atoms with Crippen LogP contribution >= 0.6 is 0 Å². The molecule has 0 aliphatic carbocycles. The van der Waals surface area contributed by atoms with Crippen LogP contribution in [0.1, 0.15) is 48.9 Å². The Balaban J connectivity index is 2.70. The van der Waals surface area contributed by atoms with Gasteiger partial charge in [-0.3, -0.25) is 4.79 Å². The quantitative estimate of drug-likeness (QED) is 0.617. The topological polar surface area (TPSA) is 43.3 Å². The van der Waals surface area contributed by atoms with Gasteiger partial charge in [0.1, 0.15) is 0 Å². The van der Waals surface area contributed by atoms with Crippen LogP contribution in [-0.4, -0.2) is 37.2 Å². The van der Waals surface area contributed by atoms with Crippen molar-refractivity contribution in [3.8, 4) is 0 Å². The summed E-state index contributed by atoms with van der Waals surface area (Å²) in [5, 5.41) is 3.17. The number of nitrogens with one attached hydrogen (secondary N) is 1. The monoisotopic (exact) mass is 280 g/mol. The summed E-state index contributed by atoms with van der Waals surface area (Å²) in [5.41, 5.74) is 3.02. The fourth-order valence-electron chi connectivity index (χ4n) is 2.72. The Labute approximate surface area is 122 Å². The molecule has 0 amide bonds. The summed E-state index contributed by atoms with van der Waals surface area (Å²) >= 11 is 0. The number of ketones is 1. The molecule has 0 aliphatic rings. The third-order valence-electron chi connectivity index (χ3n) is 3.39. The maximum absolute atomic E-state index is 12.3.